The number of carboxylic acids is 1. The number of carboxylic acid groups (broad SMARTS) is 1. The SMILES string of the molecule is O=C(O)/C=C/c1cc(F)ccc1N1CCNC(=O)C1. The van der Waals surface area contributed by atoms with Crippen LogP contribution in [0.5, 0.6) is 0 Å². The van der Waals surface area contributed by atoms with Crippen molar-refractivity contribution in [3.05, 3.63) is 35.7 Å². The van der Waals surface area contributed by atoms with Gasteiger partial charge in [-0.05, 0) is 24.3 Å². The zero-order chi connectivity index (χ0) is 13.8. The molecule has 0 saturated carbocycles. The summed E-state index contributed by atoms with van der Waals surface area (Å²) in [4.78, 5) is 23.7. The van der Waals surface area contributed by atoms with Crippen LogP contribution in [0.2, 0.25) is 0 Å². The highest BCUT2D eigenvalue weighted by Gasteiger charge is 2.18. The van der Waals surface area contributed by atoms with Crippen molar-refractivity contribution in [3.8, 4) is 0 Å². The maximum atomic E-state index is 13.2. The fourth-order valence-corrected chi connectivity index (χ4v) is 1.95. The maximum absolute atomic E-state index is 13.2. The first-order chi connectivity index (χ1) is 9.06. The van der Waals surface area contributed by atoms with Crippen LogP contribution in [0.3, 0.4) is 0 Å². The van der Waals surface area contributed by atoms with Crippen molar-refractivity contribution < 1.29 is 19.1 Å². The van der Waals surface area contributed by atoms with E-state index in [2.05, 4.69) is 5.32 Å². The van der Waals surface area contributed by atoms with E-state index in [1.54, 1.807) is 11.0 Å². The third-order valence-corrected chi connectivity index (χ3v) is 2.77. The number of hydrogen-bond acceptors (Lipinski definition) is 3. The Morgan fingerprint density at radius 3 is 2.95 bits per heavy atom. The molecule has 0 bridgehead atoms. The summed E-state index contributed by atoms with van der Waals surface area (Å²) in [5, 5.41) is 11.3. The number of nitrogens with one attached hydrogen (secondary N) is 1. The molecule has 2 N–H and O–H groups in total. The van der Waals surface area contributed by atoms with Crippen molar-refractivity contribution in [1.29, 1.82) is 0 Å². The summed E-state index contributed by atoms with van der Waals surface area (Å²) < 4.78 is 13.2. The molecule has 2 rings (SSSR count). The van der Waals surface area contributed by atoms with Gasteiger partial charge in [0.25, 0.3) is 0 Å². The van der Waals surface area contributed by atoms with Crippen LogP contribution in [0.4, 0.5) is 10.1 Å². The molecule has 100 valence electrons. The van der Waals surface area contributed by atoms with E-state index in [4.69, 9.17) is 5.11 Å². The van der Waals surface area contributed by atoms with Crippen LogP contribution in [-0.2, 0) is 9.59 Å². The molecule has 0 radical (unpaired) electrons. The fraction of sp³-hybridized carbons (Fsp3) is 0.231. The summed E-state index contributed by atoms with van der Waals surface area (Å²) >= 11 is 0. The Bertz CT molecular complexity index is 543. The Hall–Kier alpha value is -2.37. The minimum Gasteiger partial charge on any atom is -0.478 e. The Morgan fingerprint density at radius 2 is 2.26 bits per heavy atom. The van der Waals surface area contributed by atoms with Gasteiger partial charge in [0, 0.05) is 30.4 Å². The van der Waals surface area contributed by atoms with Crippen molar-refractivity contribution in [2.45, 2.75) is 0 Å². The van der Waals surface area contributed by atoms with E-state index in [1.165, 1.54) is 18.2 Å². The lowest BCUT2D eigenvalue weighted by molar-refractivity contribution is -0.131. The average molecular weight is 264 g/mol. The molecule has 6 heteroatoms. The number of carbonyl (C=O) groups is 2. The number of anilines is 1. The van der Waals surface area contributed by atoms with Crippen LogP contribution in [0.15, 0.2) is 24.3 Å². The molecule has 0 unspecified atom stereocenters. The van der Waals surface area contributed by atoms with Crippen LogP contribution in [0.1, 0.15) is 5.56 Å². The predicted octanol–water partition coefficient (Wildman–Crippen LogP) is 0.860. The van der Waals surface area contributed by atoms with Gasteiger partial charge in [-0.25, -0.2) is 9.18 Å². The van der Waals surface area contributed by atoms with Crippen LogP contribution < -0.4 is 10.2 Å². The van der Waals surface area contributed by atoms with Crippen molar-refractivity contribution in [2.75, 3.05) is 24.5 Å². The maximum Gasteiger partial charge on any atom is 0.328 e. The van der Waals surface area contributed by atoms with Gasteiger partial charge in [-0.2, -0.15) is 0 Å². The molecule has 19 heavy (non-hydrogen) atoms. The van der Waals surface area contributed by atoms with Crippen LogP contribution in [0, 0.1) is 5.82 Å². The first-order valence-electron chi connectivity index (χ1n) is 5.78. The average Bonchev–Trinajstić information content (AvgIpc) is 2.36. The molecule has 1 fully saturated rings. The van der Waals surface area contributed by atoms with E-state index < -0.39 is 11.8 Å². The molecular weight excluding hydrogens is 251 g/mol. The topological polar surface area (TPSA) is 69.6 Å². The number of rotatable bonds is 3. The minimum atomic E-state index is -1.11. The van der Waals surface area contributed by atoms with E-state index in [1.807, 2.05) is 0 Å². The summed E-state index contributed by atoms with van der Waals surface area (Å²) in [7, 11) is 0. The van der Waals surface area contributed by atoms with E-state index in [-0.39, 0.29) is 12.5 Å². The Labute approximate surface area is 109 Å². The Morgan fingerprint density at radius 1 is 1.47 bits per heavy atom. The normalized spacial score (nSPS) is 15.6. The number of aliphatic carboxylic acids is 1. The second-order valence-corrected chi connectivity index (χ2v) is 4.15. The van der Waals surface area contributed by atoms with Gasteiger partial charge in [0.15, 0.2) is 0 Å². The third-order valence-electron chi connectivity index (χ3n) is 2.77. The summed E-state index contributed by atoms with van der Waals surface area (Å²) in [6, 6.07) is 4.09. The van der Waals surface area contributed by atoms with Gasteiger partial charge in [-0.1, -0.05) is 0 Å². The number of amides is 1. The number of carbonyl (C=O) groups excluding carboxylic acids is 1. The molecule has 1 aromatic rings. The van der Waals surface area contributed by atoms with Crippen molar-refractivity contribution in [3.63, 3.8) is 0 Å². The lowest BCUT2D eigenvalue weighted by Gasteiger charge is -2.29. The molecule has 5 nitrogen and oxygen atoms in total. The first kappa shape index (κ1) is 13.1. The molecule has 0 aliphatic carbocycles. The van der Waals surface area contributed by atoms with Gasteiger partial charge >= 0.3 is 5.97 Å². The second-order valence-electron chi connectivity index (χ2n) is 4.15. The number of hydrogen-bond donors (Lipinski definition) is 2. The lowest BCUT2D eigenvalue weighted by atomic mass is 10.1. The molecule has 0 atom stereocenters. The summed E-state index contributed by atoms with van der Waals surface area (Å²) in [6.07, 6.45) is 2.27. The number of nitrogens with zero attached hydrogens (tertiary/aromatic N) is 1. The molecule has 1 heterocycles. The van der Waals surface area contributed by atoms with Crippen LogP contribution in [-0.4, -0.2) is 36.6 Å². The van der Waals surface area contributed by atoms with E-state index in [9.17, 15) is 14.0 Å². The molecule has 1 saturated heterocycles. The smallest absolute Gasteiger partial charge is 0.328 e. The summed E-state index contributed by atoms with van der Waals surface area (Å²) in [5.74, 6) is -1.66. The van der Waals surface area contributed by atoms with Crippen LogP contribution >= 0.6 is 0 Å². The molecular formula is C13H13FN2O3. The molecule has 0 spiro atoms. The van der Waals surface area contributed by atoms with Gasteiger partial charge in [-0.3, -0.25) is 4.79 Å². The number of benzene rings is 1. The molecule has 1 aliphatic heterocycles. The number of halogens is 1. The van der Waals surface area contributed by atoms with Crippen molar-refractivity contribution in [1.82, 2.24) is 5.32 Å². The van der Waals surface area contributed by atoms with Gasteiger partial charge < -0.3 is 15.3 Å². The lowest BCUT2D eigenvalue weighted by Crippen LogP contribution is -2.47. The van der Waals surface area contributed by atoms with E-state index in [0.717, 1.165) is 6.08 Å². The summed E-state index contributed by atoms with van der Waals surface area (Å²) in [5.41, 5.74) is 1.09. The third kappa shape index (κ3) is 3.31. The zero-order valence-corrected chi connectivity index (χ0v) is 10.1. The molecule has 1 amide bonds. The highest BCUT2D eigenvalue weighted by molar-refractivity contribution is 5.88. The Kier molecular flexibility index (Phi) is 3.79. The van der Waals surface area contributed by atoms with E-state index in [0.29, 0.717) is 24.3 Å². The van der Waals surface area contributed by atoms with Crippen molar-refractivity contribution >= 4 is 23.6 Å². The highest BCUT2D eigenvalue weighted by atomic mass is 19.1. The monoisotopic (exact) mass is 264 g/mol. The van der Waals surface area contributed by atoms with Gasteiger partial charge in [0.05, 0.1) is 6.54 Å². The second kappa shape index (κ2) is 5.51. The number of piperazine rings is 1. The zero-order valence-electron chi connectivity index (χ0n) is 10.1. The Balaban J connectivity index is 2.33. The predicted molar refractivity (Wildman–Crippen MR) is 68.3 cm³/mol. The van der Waals surface area contributed by atoms with Crippen LogP contribution in [0.25, 0.3) is 6.08 Å². The first-order valence-corrected chi connectivity index (χ1v) is 5.78. The van der Waals surface area contributed by atoms with Crippen molar-refractivity contribution in [2.24, 2.45) is 0 Å². The largest absolute Gasteiger partial charge is 0.478 e. The summed E-state index contributed by atoms with van der Waals surface area (Å²) in [6.45, 7) is 1.29. The standard InChI is InChI=1S/C13H13FN2O3/c14-10-2-3-11(9(7-10)1-4-13(18)19)16-6-5-15-12(17)8-16/h1-4,7H,5-6,8H2,(H,15,17)(H,18,19)/b4-1+. The molecule has 0 aromatic heterocycles. The van der Waals surface area contributed by atoms with Gasteiger partial charge in [0.2, 0.25) is 5.91 Å². The molecule has 1 aromatic carbocycles. The van der Waals surface area contributed by atoms with Gasteiger partial charge in [0.1, 0.15) is 5.82 Å². The fourth-order valence-electron chi connectivity index (χ4n) is 1.95. The molecule has 1 aliphatic rings. The minimum absolute atomic E-state index is 0.108. The quantitative estimate of drug-likeness (QED) is 0.794. The highest BCUT2D eigenvalue weighted by Crippen LogP contribution is 2.23. The van der Waals surface area contributed by atoms with E-state index >= 15 is 0 Å². The van der Waals surface area contributed by atoms with Gasteiger partial charge in [-0.15, -0.1) is 0 Å².